The minimum atomic E-state index is 0.0125. The highest BCUT2D eigenvalue weighted by atomic mass is 32.1. The van der Waals surface area contributed by atoms with Crippen molar-refractivity contribution < 1.29 is 14.3 Å². The van der Waals surface area contributed by atoms with Gasteiger partial charge in [-0.25, -0.2) is 0 Å². The van der Waals surface area contributed by atoms with Crippen molar-refractivity contribution in [3.05, 3.63) is 44.5 Å². The van der Waals surface area contributed by atoms with Crippen LogP contribution in [0.25, 0.3) is 0 Å². The fourth-order valence-electron chi connectivity index (χ4n) is 2.75. The first-order chi connectivity index (χ1) is 12.1. The summed E-state index contributed by atoms with van der Waals surface area (Å²) in [4.78, 5) is 23.6. The van der Waals surface area contributed by atoms with Gasteiger partial charge in [0, 0.05) is 30.6 Å². The SMILES string of the molecule is Cc1csc(=O)n1CCCC(=O)NCCc1ccc2c(c1)OCCO2. The number of carbonyl (C=O) groups excluding carboxylic acids is 1. The van der Waals surface area contributed by atoms with Crippen LogP contribution in [0.1, 0.15) is 24.1 Å². The second kappa shape index (κ2) is 8.20. The van der Waals surface area contributed by atoms with Crippen LogP contribution in [0.2, 0.25) is 0 Å². The number of aromatic nitrogens is 1. The Morgan fingerprint density at radius 1 is 1.28 bits per heavy atom. The van der Waals surface area contributed by atoms with Gasteiger partial charge in [-0.15, -0.1) is 0 Å². The fourth-order valence-corrected chi connectivity index (χ4v) is 3.51. The van der Waals surface area contributed by atoms with E-state index in [-0.39, 0.29) is 10.8 Å². The Morgan fingerprint density at radius 2 is 2.08 bits per heavy atom. The monoisotopic (exact) mass is 362 g/mol. The van der Waals surface area contributed by atoms with Crippen LogP contribution in [0.3, 0.4) is 0 Å². The molecule has 134 valence electrons. The number of fused-ring (bicyclic) bond motifs is 1. The van der Waals surface area contributed by atoms with E-state index in [1.165, 1.54) is 11.3 Å². The van der Waals surface area contributed by atoms with Gasteiger partial charge in [-0.3, -0.25) is 9.59 Å². The van der Waals surface area contributed by atoms with Gasteiger partial charge in [-0.2, -0.15) is 0 Å². The minimum absolute atomic E-state index is 0.0125. The van der Waals surface area contributed by atoms with E-state index in [1.54, 1.807) is 4.57 Å². The summed E-state index contributed by atoms with van der Waals surface area (Å²) in [5, 5.41) is 4.77. The molecule has 1 aromatic carbocycles. The van der Waals surface area contributed by atoms with E-state index in [4.69, 9.17) is 9.47 Å². The number of benzene rings is 1. The van der Waals surface area contributed by atoms with Gasteiger partial charge in [0.2, 0.25) is 5.91 Å². The third-order valence-corrected chi connectivity index (χ3v) is 4.99. The normalized spacial score (nSPS) is 12.8. The van der Waals surface area contributed by atoms with Crippen LogP contribution in [-0.4, -0.2) is 30.2 Å². The average molecular weight is 362 g/mol. The van der Waals surface area contributed by atoms with Gasteiger partial charge in [0.15, 0.2) is 11.5 Å². The van der Waals surface area contributed by atoms with Crippen LogP contribution in [0, 0.1) is 6.92 Å². The topological polar surface area (TPSA) is 69.6 Å². The molecule has 0 fully saturated rings. The molecule has 0 radical (unpaired) electrons. The van der Waals surface area contributed by atoms with Gasteiger partial charge >= 0.3 is 4.87 Å². The lowest BCUT2D eigenvalue weighted by molar-refractivity contribution is -0.121. The summed E-state index contributed by atoms with van der Waals surface area (Å²) in [6.07, 6.45) is 1.82. The Kier molecular flexibility index (Phi) is 5.75. The lowest BCUT2D eigenvalue weighted by Crippen LogP contribution is -2.26. The van der Waals surface area contributed by atoms with Gasteiger partial charge in [-0.1, -0.05) is 17.4 Å². The van der Waals surface area contributed by atoms with E-state index in [0.717, 1.165) is 29.2 Å². The lowest BCUT2D eigenvalue weighted by atomic mass is 10.1. The molecule has 0 unspecified atom stereocenters. The molecular weight excluding hydrogens is 340 g/mol. The molecule has 1 N–H and O–H groups in total. The molecule has 0 saturated carbocycles. The number of thiazole rings is 1. The molecule has 3 rings (SSSR count). The average Bonchev–Trinajstić information content (AvgIpc) is 2.93. The lowest BCUT2D eigenvalue weighted by Gasteiger charge is -2.18. The largest absolute Gasteiger partial charge is 0.486 e. The Bertz CT molecular complexity index is 797. The standard InChI is InChI=1S/C18H22N2O4S/c1-13-12-25-18(22)20(13)8-2-3-17(21)19-7-6-14-4-5-15-16(11-14)24-10-9-23-15/h4-5,11-12H,2-3,6-10H2,1H3,(H,19,21). The smallest absolute Gasteiger partial charge is 0.307 e. The molecule has 0 aliphatic carbocycles. The van der Waals surface area contributed by atoms with Gasteiger partial charge < -0.3 is 19.4 Å². The molecule has 1 amide bonds. The summed E-state index contributed by atoms with van der Waals surface area (Å²) in [6.45, 7) is 4.23. The molecule has 1 aromatic heterocycles. The second-order valence-electron chi connectivity index (χ2n) is 5.98. The maximum Gasteiger partial charge on any atom is 0.307 e. The van der Waals surface area contributed by atoms with Crippen LogP contribution in [0.15, 0.2) is 28.4 Å². The molecule has 25 heavy (non-hydrogen) atoms. The van der Waals surface area contributed by atoms with E-state index < -0.39 is 0 Å². The summed E-state index contributed by atoms with van der Waals surface area (Å²) < 4.78 is 12.8. The number of hydrogen-bond acceptors (Lipinski definition) is 5. The van der Waals surface area contributed by atoms with Crippen LogP contribution in [0.5, 0.6) is 11.5 Å². The van der Waals surface area contributed by atoms with Crippen LogP contribution < -0.4 is 19.7 Å². The van der Waals surface area contributed by atoms with Crippen molar-refractivity contribution in [2.75, 3.05) is 19.8 Å². The van der Waals surface area contributed by atoms with Crippen molar-refractivity contribution in [3.8, 4) is 11.5 Å². The van der Waals surface area contributed by atoms with Gasteiger partial charge in [0.25, 0.3) is 0 Å². The number of carbonyl (C=O) groups is 1. The van der Waals surface area contributed by atoms with Crippen molar-refractivity contribution in [1.82, 2.24) is 9.88 Å². The van der Waals surface area contributed by atoms with E-state index in [9.17, 15) is 9.59 Å². The van der Waals surface area contributed by atoms with Crippen molar-refractivity contribution in [2.24, 2.45) is 0 Å². The zero-order valence-electron chi connectivity index (χ0n) is 14.2. The molecule has 0 spiro atoms. The van der Waals surface area contributed by atoms with Gasteiger partial charge in [0.1, 0.15) is 13.2 Å². The fraction of sp³-hybridized carbons (Fsp3) is 0.444. The molecular formula is C18H22N2O4S. The first kappa shape index (κ1) is 17.5. The number of rotatable bonds is 7. The molecule has 1 aliphatic heterocycles. The molecule has 0 bridgehead atoms. The summed E-state index contributed by atoms with van der Waals surface area (Å²) in [5.41, 5.74) is 2.05. The third kappa shape index (κ3) is 4.63. The predicted octanol–water partition coefficient (Wildman–Crippen LogP) is 2.13. The summed E-state index contributed by atoms with van der Waals surface area (Å²) >= 11 is 1.20. The van der Waals surface area contributed by atoms with E-state index >= 15 is 0 Å². The van der Waals surface area contributed by atoms with Gasteiger partial charge in [-0.05, 0) is 37.5 Å². The van der Waals surface area contributed by atoms with Crippen molar-refractivity contribution in [1.29, 1.82) is 0 Å². The van der Waals surface area contributed by atoms with Crippen LogP contribution in [-0.2, 0) is 17.8 Å². The van der Waals surface area contributed by atoms with E-state index in [2.05, 4.69) is 5.32 Å². The first-order valence-electron chi connectivity index (χ1n) is 8.43. The Labute approximate surface area is 150 Å². The van der Waals surface area contributed by atoms with Crippen molar-refractivity contribution in [2.45, 2.75) is 32.7 Å². The van der Waals surface area contributed by atoms with Crippen LogP contribution in [0.4, 0.5) is 0 Å². The number of nitrogens with zero attached hydrogens (tertiary/aromatic N) is 1. The Hall–Kier alpha value is -2.28. The number of aryl methyl sites for hydroxylation is 1. The molecule has 0 atom stereocenters. The van der Waals surface area contributed by atoms with Crippen LogP contribution >= 0.6 is 11.3 Å². The number of ether oxygens (including phenoxy) is 2. The van der Waals surface area contributed by atoms with Crippen molar-refractivity contribution in [3.63, 3.8) is 0 Å². The molecule has 2 heterocycles. The maximum absolute atomic E-state index is 11.9. The van der Waals surface area contributed by atoms with E-state index in [1.807, 2.05) is 30.5 Å². The second-order valence-corrected chi connectivity index (χ2v) is 6.80. The summed E-state index contributed by atoms with van der Waals surface area (Å²) in [7, 11) is 0. The highest BCUT2D eigenvalue weighted by Gasteiger charge is 2.11. The zero-order valence-corrected chi connectivity index (χ0v) is 15.1. The minimum Gasteiger partial charge on any atom is -0.486 e. The molecule has 0 saturated heterocycles. The predicted molar refractivity (Wildman–Crippen MR) is 96.7 cm³/mol. The highest BCUT2D eigenvalue weighted by Crippen LogP contribution is 2.30. The quantitative estimate of drug-likeness (QED) is 0.819. The third-order valence-electron chi connectivity index (χ3n) is 4.10. The first-order valence-corrected chi connectivity index (χ1v) is 9.31. The summed E-state index contributed by atoms with van der Waals surface area (Å²) in [6, 6.07) is 5.87. The highest BCUT2D eigenvalue weighted by molar-refractivity contribution is 7.07. The number of nitrogens with one attached hydrogen (secondary N) is 1. The van der Waals surface area contributed by atoms with Gasteiger partial charge in [0.05, 0.1) is 0 Å². The zero-order chi connectivity index (χ0) is 17.6. The van der Waals surface area contributed by atoms with E-state index in [0.29, 0.717) is 39.1 Å². The number of amides is 1. The maximum atomic E-state index is 11.9. The molecule has 7 heteroatoms. The molecule has 6 nitrogen and oxygen atoms in total. The van der Waals surface area contributed by atoms with Crippen molar-refractivity contribution >= 4 is 17.2 Å². The number of hydrogen-bond donors (Lipinski definition) is 1. The molecule has 1 aliphatic rings. The Morgan fingerprint density at radius 3 is 2.84 bits per heavy atom. The Balaban J connectivity index is 1.38. The summed E-state index contributed by atoms with van der Waals surface area (Å²) in [5.74, 6) is 1.56. The molecule has 2 aromatic rings.